The number of carbonyl (C=O) groups excluding carboxylic acids is 1. The maximum Gasteiger partial charge on any atom is 0.236 e. The molecule has 0 aromatic heterocycles. The highest BCUT2D eigenvalue weighted by Gasteiger charge is 2.33. The Morgan fingerprint density at radius 1 is 1.43 bits per heavy atom. The van der Waals surface area contributed by atoms with E-state index < -0.39 is 5.60 Å². The normalized spacial score (nSPS) is 33.1. The molecule has 0 saturated carbocycles. The molecule has 1 amide bonds. The van der Waals surface area contributed by atoms with Gasteiger partial charge in [-0.05, 0) is 19.8 Å². The molecule has 2 aliphatic rings. The van der Waals surface area contributed by atoms with Gasteiger partial charge in [-0.25, -0.2) is 0 Å². The van der Waals surface area contributed by atoms with Crippen LogP contribution in [0, 0.1) is 0 Å². The third kappa shape index (κ3) is 2.07. The van der Waals surface area contributed by atoms with Crippen molar-refractivity contribution in [3.63, 3.8) is 0 Å². The van der Waals surface area contributed by atoms with Crippen molar-refractivity contribution in [2.24, 2.45) is 0 Å². The number of rotatable bonds is 2. The lowest BCUT2D eigenvalue weighted by Crippen LogP contribution is -2.47. The number of likely N-dealkylation sites (tertiary alicyclic amines) is 2. The minimum Gasteiger partial charge on any atom is -0.389 e. The number of hydrogen-bond acceptors (Lipinski definition) is 3. The van der Waals surface area contributed by atoms with Gasteiger partial charge in [0, 0.05) is 26.2 Å². The summed E-state index contributed by atoms with van der Waals surface area (Å²) in [5, 5.41) is 9.72. The van der Waals surface area contributed by atoms with Crippen molar-refractivity contribution in [3.05, 3.63) is 0 Å². The SMILES string of the molecule is CC1(O)CCN(CC(=O)N2CCC2)C1. The summed E-state index contributed by atoms with van der Waals surface area (Å²) in [6.07, 6.45) is 1.92. The molecule has 1 atom stereocenters. The Morgan fingerprint density at radius 2 is 2.14 bits per heavy atom. The standard InChI is InChI=1S/C10H18N2O2/c1-10(14)3-6-11(8-10)7-9(13)12-4-2-5-12/h14H,2-8H2,1H3. The first-order chi connectivity index (χ1) is 6.57. The number of hydrogen-bond donors (Lipinski definition) is 1. The highest BCUT2D eigenvalue weighted by atomic mass is 16.3. The fraction of sp³-hybridized carbons (Fsp3) is 0.900. The van der Waals surface area contributed by atoms with Gasteiger partial charge in [0.2, 0.25) is 5.91 Å². The van der Waals surface area contributed by atoms with Crippen LogP contribution >= 0.6 is 0 Å². The first-order valence-corrected chi connectivity index (χ1v) is 5.29. The van der Waals surface area contributed by atoms with Crippen LogP contribution in [0.25, 0.3) is 0 Å². The fourth-order valence-electron chi connectivity index (χ4n) is 2.03. The fourth-order valence-corrected chi connectivity index (χ4v) is 2.03. The van der Waals surface area contributed by atoms with E-state index in [-0.39, 0.29) is 5.91 Å². The van der Waals surface area contributed by atoms with Crippen LogP contribution in [0.2, 0.25) is 0 Å². The van der Waals surface area contributed by atoms with Gasteiger partial charge in [-0.2, -0.15) is 0 Å². The van der Waals surface area contributed by atoms with Crippen LogP contribution in [-0.4, -0.2) is 59.1 Å². The molecule has 2 saturated heterocycles. The average molecular weight is 198 g/mol. The smallest absolute Gasteiger partial charge is 0.236 e. The van der Waals surface area contributed by atoms with Crippen molar-refractivity contribution in [2.75, 3.05) is 32.7 Å². The van der Waals surface area contributed by atoms with Gasteiger partial charge in [0.1, 0.15) is 0 Å². The molecule has 0 bridgehead atoms. The minimum absolute atomic E-state index is 0.217. The van der Waals surface area contributed by atoms with E-state index in [1.165, 1.54) is 0 Å². The zero-order chi connectivity index (χ0) is 10.2. The summed E-state index contributed by atoms with van der Waals surface area (Å²) >= 11 is 0. The molecular formula is C10H18N2O2. The lowest BCUT2D eigenvalue weighted by Gasteiger charge is -2.32. The zero-order valence-corrected chi connectivity index (χ0v) is 8.70. The second-order valence-corrected chi connectivity index (χ2v) is 4.69. The zero-order valence-electron chi connectivity index (χ0n) is 8.70. The van der Waals surface area contributed by atoms with Crippen molar-refractivity contribution in [1.82, 2.24) is 9.80 Å². The molecule has 0 aromatic carbocycles. The van der Waals surface area contributed by atoms with Gasteiger partial charge in [0.05, 0.1) is 12.1 Å². The van der Waals surface area contributed by atoms with Crippen molar-refractivity contribution in [3.8, 4) is 0 Å². The summed E-state index contributed by atoms with van der Waals surface area (Å²) < 4.78 is 0. The van der Waals surface area contributed by atoms with Gasteiger partial charge in [-0.1, -0.05) is 0 Å². The van der Waals surface area contributed by atoms with Gasteiger partial charge < -0.3 is 10.0 Å². The molecule has 80 valence electrons. The number of amides is 1. The van der Waals surface area contributed by atoms with E-state index in [4.69, 9.17) is 0 Å². The average Bonchev–Trinajstić information content (AvgIpc) is 2.25. The number of β-amino-alcohol motifs (C(OH)–C–C–N with tert-alkyl or cyclic N) is 1. The van der Waals surface area contributed by atoms with Crippen molar-refractivity contribution >= 4 is 5.91 Å². The van der Waals surface area contributed by atoms with Crippen molar-refractivity contribution < 1.29 is 9.90 Å². The van der Waals surface area contributed by atoms with E-state index in [1.54, 1.807) is 0 Å². The molecule has 0 spiro atoms. The van der Waals surface area contributed by atoms with Gasteiger partial charge in [0.15, 0.2) is 0 Å². The summed E-state index contributed by atoms with van der Waals surface area (Å²) in [5.74, 6) is 0.217. The highest BCUT2D eigenvalue weighted by molar-refractivity contribution is 5.79. The van der Waals surface area contributed by atoms with Crippen LogP contribution in [-0.2, 0) is 4.79 Å². The summed E-state index contributed by atoms with van der Waals surface area (Å²) in [7, 11) is 0. The number of nitrogens with zero attached hydrogens (tertiary/aromatic N) is 2. The summed E-state index contributed by atoms with van der Waals surface area (Å²) in [5.41, 5.74) is -0.588. The monoisotopic (exact) mass is 198 g/mol. The maximum atomic E-state index is 11.6. The molecule has 1 N–H and O–H groups in total. The van der Waals surface area contributed by atoms with E-state index in [0.29, 0.717) is 13.1 Å². The van der Waals surface area contributed by atoms with Crippen molar-refractivity contribution in [1.29, 1.82) is 0 Å². The second-order valence-electron chi connectivity index (χ2n) is 4.69. The lowest BCUT2D eigenvalue weighted by molar-refractivity contribution is -0.135. The minimum atomic E-state index is -0.588. The molecule has 2 heterocycles. The summed E-state index contributed by atoms with van der Waals surface area (Å²) in [6, 6.07) is 0. The Labute approximate surface area is 84.5 Å². The van der Waals surface area contributed by atoms with Crippen LogP contribution in [0.15, 0.2) is 0 Å². The maximum absolute atomic E-state index is 11.6. The van der Waals surface area contributed by atoms with E-state index in [9.17, 15) is 9.90 Å². The first kappa shape index (κ1) is 9.93. The predicted molar refractivity (Wildman–Crippen MR) is 52.9 cm³/mol. The van der Waals surface area contributed by atoms with Crippen LogP contribution in [0.4, 0.5) is 0 Å². The van der Waals surface area contributed by atoms with E-state index in [1.807, 2.05) is 16.7 Å². The van der Waals surface area contributed by atoms with Crippen LogP contribution in [0.1, 0.15) is 19.8 Å². The third-order valence-corrected chi connectivity index (χ3v) is 3.10. The van der Waals surface area contributed by atoms with Gasteiger partial charge >= 0.3 is 0 Å². The lowest BCUT2D eigenvalue weighted by atomic mass is 10.1. The molecule has 4 heteroatoms. The van der Waals surface area contributed by atoms with Crippen molar-refractivity contribution in [2.45, 2.75) is 25.4 Å². The first-order valence-electron chi connectivity index (χ1n) is 5.29. The van der Waals surface area contributed by atoms with Gasteiger partial charge in [0.25, 0.3) is 0 Å². The van der Waals surface area contributed by atoms with Gasteiger partial charge in [-0.15, -0.1) is 0 Å². The largest absolute Gasteiger partial charge is 0.389 e. The number of aliphatic hydroxyl groups is 1. The van der Waals surface area contributed by atoms with Crippen LogP contribution < -0.4 is 0 Å². The Kier molecular flexibility index (Phi) is 2.49. The highest BCUT2D eigenvalue weighted by Crippen LogP contribution is 2.20. The molecular weight excluding hydrogens is 180 g/mol. The molecule has 4 nitrogen and oxygen atoms in total. The molecule has 0 aromatic rings. The van der Waals surface area contributed by atoms with E-state index in [2.05, 4.69) is 0 Å². The molecule has 2 rings (SSSR count). The Morgan fingerprint density at radius 3 is 2.57 bits per heavy atom. The second kappa shape index (κ2) is 3.51. The Bertz CT molecular complexity index is 236. The molecule has 2 fully saturated rings. The third-order valence-electron chi connectivity index (χ3n) is 3.10. The molecule has 14 heavy (non-hydrogen) atoms. The van der Waals surface area contributed by atoms with Crippen LogP contribution in [0.5, 0.6) is 0 Å². The Balaban J connectivity index is 1.78. The van der Waals surface area contributed by atoms with E-state index >= 15 is 0 Å². The number of carbonyl (C=O) groups is 1. The molecule has 1 unspecified atom stereocenters. The quantitative estimate of drug-likeness (QED) is 0.661. The topological polar surface area (TPSA) is 43.8 Å². The molecule has 2 aliphatic heterocycles. The molecule has 0 aliphatic carbocycles. The molecule has 0 radical (unpaired) electrons. The predicted octanol–water partition coefficient (Wildman–Crippen LogP) is -0.325. The summed E-state index contributed by atoms with van der Waals surface area (Å²) in [6.45, 7) is 5.63. The van der Waals surface area contributed by atoms with Gasteiger partial charge in [-0.3, -0.25) is 9.69 Å². The Hall–Kier alpha value is -0.610. The van der Waals surface area contributed by atoms with E-state index in [0.717, 1.165) is 32.5 Å². The van der Waals surface area contributed by atoms with Crippen LogP contribution in [0.3, 0.4) is 0 Å². The summed E-state index contributed by atoms with van der Waals surface area (Å²) in [4.78, 5) is 15.5.